The average Bonchev–Trinajstić information content (AvgIpc) is 2.74. The summed E-state index contributed by atoms with van der Waals surface area (Å²) >= 11 is 0. The van der Waals surface area contributed by atoms with Gasteiger partial charge in [-0.15, -0.1) is 0 Å². The molecule has 1 heteroatoms. The van der Waals surface area contributed by atoms with Gasteiger partial charge in [0.1, 0.15) is 0 Å². The predicted octanol–water partition coefficient (Wildman–Crippen LogP) is 8.68. The van der Waals surface area contributed by atoms with Gasteiger partial charge in [0.05, 0.1) is 11.5 Å². The Bertz CT molecular complexity index is 483. The van der Waals surface area contributed by atoms with Crippen molar-refractivity contribution in [1.29, 1.82) is 5.26 Å². The van der Waals surface area contributed by atoms with Crippen LogP contribution in [-0.4, -0.2) is 0 Å². The van der Waals surface area contributed by atoms with Crippen LogP contribution in [0.2, 0.25) is 0 Å². The van der Waals surface area contributed by atoms with Gasteiger partial charge in [0.25, 0.3) is 0 Å². The SMILES string of the molecule is CCCCCC1CCC(C2CCC3CC(C#N)(CCCCC)CCC3C2)CC1. The third kappa shape index (κ3) is 5.77. The third-order valence-corrected chi connectivity index (χ3v) is 9.10. The summed E-state index contributed by atoms with van der Waals surface area (Å²) in [5.41, 5.74) is 0.0414. The lowest BCUT2D eigenvalue weighted by Crippen LogP contribution is -2.38. The fourth-order valence-corrected chi connectivity index (χ4v) is 7.21. The van der Waals surface area contributed by atoms with E-state index in [1.165, 1.54) is 116 Å². The van der Waals surface area contributed by atoms with Crippen molar-refractivity contribution in [3.05, 3.63) is 0 Å². The van der Waals surface area contributed by atoms with Crippen molar-refractivity contribution in [2.24, 2.45) is 35.0 Å². The third-order valence-electron chi connectivity index (χ3n) is 9.10. The highest BCUT2D eigenvalue weighted by Gasteiger charge is 2.44. The second-order valence-electron chi connectivity index (χ2n) is 11.0. The number of hydrogen-bond donors (Lipinski definition) is 0. The summed E-state index contributed by atoms with van der Waals surface area (Å²) in [6.07, 6.45) is 25.1. The first kappa shape index (κ1) is 22.2. The number of unbranched alkanes of at least 4 members (excludes halogenated alkanes) is 4. The van der Waals surface area contributed by atoms with Crippen molar-refractivity contribution in [3.63, 3.8) is 0 Å². The topological polar surface area (TPSA) is 23.8 Å². The monoisotopic (exact) mass is 385 g/mol. The van der Waals surface area contributed by atoms with Crippen LogP contribution in [0, 0.1) is 46.3 Å². The zero-order valence-electron chi connectivity index (χ0n) is 19.1. The maximum Gasteiger partial charge on any atom is 0.0689 e. The highest BCUT2D eigenvalue weighted by atomic mass is 14.5. The molecule has 0 aromatic carbocycles. The van der Waals surface area contributed by atoms with Crippen molar-refractivity contribution >= 4 is 0 Å². The zero-order valence-corrected chi connectivity index (χ0v) is 19.1. The summed E-state index contributed by atoms with van der Waals surface area (Å²) in [5, 5.41) is 9.94. The van der Waals surface area contributed by atoms with Crippen molar-refractivity contribution in [1.82, 2.24) is 0 Å². The number of nitrogens with zero attached hydrogens (tertiary/aromatic N) is 1. The first-order chi connectivity index (χ1) is 13.7. The van der Waals surface area contributed by atoms with Crippen molar-refractivity contribution in [3.8, 4) is 6.07 Å². The molecule has 0 heterocycles. The molecule has 28 heavy (non-hydrogen) atoms. The summed E-state index contributed by atoms with van der Waals surface area (Å²) in [7, 11) is 0. The molecular formula is C27H47N. The standard InChI is InChI=1S/C27H47N/c1-3-5-7-9-22-10-12-23(13-11-22)24-14-15-26-20-27(21-28,17-8-6-4-2)18-16-25(26)19-24/h22-26H,3-20H2,1-2H3. The van der Waals surface area contributed by atoms with E-state index in [1.807, 2.05) is 0 Å². The molecule has 0 radical (unpaired) electrons. The van der Waals surface area contributed by atoms with E-state index in [4.69, 9.17) is 0 Å². The fourth-order valence-electron chi connectivity index (χ4n) is 7.21. The van der Waals surface area contributed by atoms with Gasteiger partial charge in [-0.1, -0.05) is 71.6 Å². The number of hydrogen-bond acceptors (Lipinski definition) is 1. The van der Waals surface area contributed by atoms with Crippen molar-refractivity contribution < 1.29 is 0 Å². The van der Waals surface area contributed by atoms with E-state index in [9.17, 15) is 5.26 Å². The number of rotatable bonds is 9. The summed E-state index contributed by atoms with van der Waals surface area (Å²) in [6.45, 7) is 4.60. The molecule has 4 unspecified atom stereocenters. The quantitative estimate of drug-likeness (QED) is 0.364. The van der Waals surface area contributed by atoms with Crippen molar-refractivity contribution in [2.45, 2.75) is 129 Å². The minimum Gasteiger partial charge on any atom is -0.198 e. The lowest BCUT2D eigenvalue weighted by molar-refractivity contribution is 0.0378. The van der Waals surface area contributed by atoms with Crippen LogP contribution in [0.3, 0.4) is 0 Å². The zero-order chi connectivity index (χ0) is 19.8. The molecule has 0 saturated heterocycles. The number of fused-ring (bicyclic) bond motifs is 1. The van der Waals surface area contributed by atoms with Gasteiger partial charge >= 0.3 is 0 Å². The summed E-state index contributed by atoms with van der Waals surface area (Å²) in [4.78, 5) is 0. The second-order valence-corrected chi connectivity index (χ2v) is 11.0. The van der Waals surface area contributed by atoms with E-state index in [-0.39, 0.29) is 5.41 Å². The molecule has 3 fully saturated rings. The molecule has 0 bridgehead atoms. The Morgan fingerprint density at radius 3 is 2.11 bits per heavy atom. The molecule has 0 aromatic rings. The molecule has 3 aliphatic rings. The molecule has 0 spiro atoms. The van der Waals surface area contributed by atoms with E-state index in [0.29, 0.717) is 0 Å². The molecule has 160 valence electrons. The summed E-state index contributed by atoms with van der Waals surface area (Å²) < 4.78 is 0. The van der Waals surface area contributed by atoms with E-state index < -0.39 is 0 Å². The van der Waals surface area contributed by atoms with Gasteiger partial charge in [0.15, 0.2) is 0 Å². The molecule has 3 aliphatic carbocycles. The minimum absolute atomic E-state index is 0.0414. The Morgan fingerprint density at radius 2 is 1.39 bits per heavy atom. The highest BCUT2D eigenvalue weighted by Crippen LogP contribution is 2.53. The van der Waals surface area contributed by atoms with E-state index in [2.05, 4.69) is 19.9 Å². The van der Waals surface area contributed by atoms with E-state index >= 15 is 0 Å². The van der Waals surface area contributed by atoms with E-state index in [0.717, 1.165) is 29.6 Å². The predicted molar refractivity (Wildman–Crippen MR) is 120 cm³/mol. The van der Waals surface area contributed by atoms with Gasteiger partial charge < -0.3 is 0 Å². The smallest absolute Gasteiger partial charge is 0.0689 e. The van der Waals surface area contributed by atoms with Crippen LogP contribution >= 0.6 is 0 Å². The normalized spacial score (nSPS) is 38.5. The molecule has 3 rings (SSSR count). The van der Waals surface area contributed by atoms with E-state index in [1.54, 1.807) is 0 Å². The van der Waals surface area contributed by atoms with Gasteiger partial charge in [-0.3, -0.25) is 0 Å². The minimum atomic E-state index is 0.0414. The van der Waals surface area contributed by atoms with Crippen LogP contribution in [0.5, 0.6) is 0 Å². The maximum atomic E-state index is 9.94. The Hall–Kier alpha value is -0.510. The lowest BCUT2D eigenvalue weighted by atomic mass is 9.57. The van der Waals surface area contributed by atoms with Crippen molar-refractivity contribution in [2.75, 3.05) is 0 Å². The Balaban J connectivity index is 1.43. The fraction of sp³-hybridized carbons (Fsp3) is 0.963. The van der Waals surface area contributed by atoms with Crippen LogP contribution in [0.1, 0.15) is 129 Å². The van der Waals surface area contributed by atoms with Crippen LogP contribution in [0.4, 0.5) is 0 Å². The first-order valence-electron chi connectivity index (χ1n) is 13.1. The molecule has 0 aromatic heterocycles. The van der Waals surface area contributed by atoms with Gasteiger partial charge in [-0.2, -0.15) is 5.26 Å². The van der Waals surface area contributed by atoms with Gasteiger partial charge in [-0.05, 0) is 87.4 Å². The largest absolute Gasteiger partial charge is 0.198 e. The van der Waals surface area contributed by atoms with Gasteiger partial charge in [0.2, 0.25) is 0 Å². The van der Waals surface area contributed by atoms with Gasteiger partial charge in [0, 0.05) is 0 Å². The first-order valence-corrected chi connectivity index (χ1v) is 13.1. The molecular weight excluding hydrogens is 338 g/mol. The molecule has 0 amide bonds. The molecule has 0 N–H and O–H groups in total. The maximum absolute atomic E-state index is 9.94. The number of nitriles is 1. The molecule has 0 aliphatic heterocycles. The van der Waals surface area contributed by atoms with Crippen LogP contribution < -0.4 is 0 Å². The Labute approximate surface area is 176 Å². The van der Waals surface area contributed by atoms with Crippen LogP contribution in [0.25, 0.3) is 0 Å². The molecule has 1 nitrogen and oxygen atoms in total. The molecule has 4 atom stereocenters. The summed E-state index contributed by atoms with van der Waals surface area (Å²) in [5.74, 6) is 4.93. The van der Waals surface area contributed by atoms with Gasteiger partial charge in [-0.25, -0.2) is 0 Å². The van der Waals surface area contributed by atoms with Crippen LogP contribution in [-0.2, 0) is 0 Å². The van der Waals surface area contributed by atoms with Crippen LogP contribution in [0.15, 0.2) is 0 Å². The molecule has 3 saturated carbocycles. The average molecular weight is 386 g/mol. The highest BCUT2D eigenvalue weighted by molar-refractivity contribution is 5.04. The Morgan fingerprint density at radius 1 is 0.750 bits per heavy atom. The lowest BCUT2D eigenvalue weighted by Gasteiger charge is -2.47. The Kier molecular flexibility index (Phi) is 8.74. The summed E-state index contributed by atoms with van der Waals surface area (Å²) in [6, 6.07) is 2.81. The second kappa shape index (κ2) is 11.0.